The van der Waals surface area contributed by atoms with E-state index >= 15 is 0 Å². The zero-order valence-electron chi connectivity index (χ0n) is 16.6. The Morgan fingerprint density at radius 2 is 1.70 bits per heavy atom. The van der Waals surface area contributed by atoms with E-state index in [2.05, 4.69) is 11.8 Å². The maximum Gasteiger partial charge on any atom is 0.269 e. The summed E-state index contributed by atoms with van der Waals surface area (Å²) in [5.74, 6) is 0.548. The normalized spacial score (nSPS) is 19.8. The molecule has 0 unspecified atom stereocenters. The van der Waals surface area contributed by atoms with E-state index in [9.17, 15) is 4.79 Å². The minimum atomic E-state index is -0.0536. The summed E-state index contributed by atoms with van der Waals surface area (Å²) >= 11 is 15.3. The van der Waals surface area contributed by atoms with Crippen molar-refractivity contribution in [1.82, 2.24) is 4.90 Å². The van der Waals surface area contributed by atoms with Gasteiger partial charge in [0.2, 0.25) is 0 Å². The number of hydrogen-bond donors (Lipinski definition) is 0. The molecule has 0 radical (unpaired) electrons. The van der Waals surface area contributed by atoms with Crippen LogP contribution in [0.2, 0.25) is 10.0 Å². The number of amidine groups is 1. The van der Waals surface area contributed by atoms with Gasteiger partial charge in [0, 0.05) is 28.0 Å². The molecule has 156 valence electrons. The van der Waals surface area contributed by atoms with Gasteiger partial charge in [-0.2, -0.15) is 0 Å². The second kappa shape index (κ2) is 8.75. The molecule has 0 aromatic heterocycles. The average molecular weight is 480 g/mol. The summed E-state index contributed by atoms with van der Waals surface area (Å²) in [6, 6.07) is 11.1. The molecule has 0 aliphatic carbocycles. The molecular weight excluding hydrogens is 461 g/mol. The summed E-state index contributed by atoms with van der Waals surface area (Å²) in [4.78, 5) is 23.5. The number of halogens is 2. The Balaban J connectivity index is 1.77. The lowest BCUT2D eigenvalue weighted by Crippen LogP contribution is -2.29. The van der Waals surface area contributed by atoms with E-state index < -0.39 is 0 Å². The number of thioether (sulfide) groups is 2. The third kappa shape index (κ3) is 3.80. The quantitative estimate of drug-likeness (QED) is 0.475. The fourth-order valence-electron chi connectivity index (χ4n) is 3.29. The molecule has 4 rings (SSSR count). The van der Waals surface area contributed by atoms with Crippen LogP contribution in [-0.2, 0) is 4.79 Å². The lowest BCUT2D eigenvalue weighted by molar-refractivity contribution is -0.122. The highest BCUT2D eigenvalue weighted by molar-refractivity contribution is 8.19. The van der Waals surface area contributed by atoms with Crippen LogP contribution < -0.4 is 9.64 Å². The van der Waals surface area contributed by atoms with Crippen molar-refractivity contribution in [1.29, 1.82) is 0 Å². The number of methoxy groups -OCH3 is 1. The van der Waals surface area contributed by atoms with Crippen LogP contribution in [0.1, 0.15) is 13.8 Å². The van der Waals surface area contributed by atoms with Crippen molar-refractivity contribution in [3.05, 3.63) is 56.4 Å². The van der Waals surface area contributed by atoms with Crippen molar-refractivity contribution >= 4 is 69.2 Å². The zero-order chi connectivity index (χ0) is 21.4. The van der Waals surface area contributed by atoms with Crippen molar-refractivity contribution in [2.45, 2.75) is 18.7 Å². The van der Waals surface area contributed by atoms with Gasteiger partial charge in [0.1, 0.15) is 21.4 Å². The molecule has 2 aliphatic heterocycles. The van der Waals surface area contributed by atoms with E-state index in [1.807, 2.05) is 25.1 Å². The maximum absolute atomic E-state index is 13.3. The molecule has 2 aliphatic rings. The number of benzene rings is 2. The predicted octanol–water partition coefficient (Wildman–Crippen LogP) is 6.39. The highest BCUT2D eigenvalue weighted by Crippen LogP contribution is 2.51. The number of anilines is 1. The molecule has 2 heterocycles. The number of rotatable bonds is 4. The van der Waals surface area contributed by atoms with Crippen LogP contribution in [0.15, 0.2) is 56.2 Å². The highest BCUT2D eigenvalue weighted by atomic mass is 35.5. The van der Waals surface area contributed by atoms with Gasteiger partial charge in [-0.15, -0.1) is 0 Å². The summed E-state index contributed by atoms with van der Waals surface area (Å²) in [5.41, 5.74) is 1.61. The van der Waals surface area contributed by atoms with Gasteiger partial charge in [0.15, 0.2) is 5.17 Å². The third-order valence-electron chi connectivity index (χ3n) is 4.71. The second-order valence-electron chi connectivity index (χ2n) is 6.45. The molecule has 2 aromatic carbocycles. The fraction of sp³-hybridized carbons (Fsp3) is 0.238. The smallest absolute Gasteiger partial charge is 0.269 e. The van der Waals surface area contributed by atoms with Gasteiger partial charge in [-0.1, -0.05) is 35.0 Å². The van der Waals surface area contributed by atoms with Crippen LogP contribution in [0.25, 0.3) is 0 Å². The number of likely N-dealkylation sites (N-methyl/N-ethyl adjacent to an activating group) is 1. The Morgan fingerprint density at radius 3 is 2.40 bits per heavy atom. The molecule has 1 fully saturated rings. The largest absolute Gasteiger partial charge is 0.494 e. The zero-order valence-corrected chi connectivity index (χ0v) is 19.8. The number of hydrogen-bond acceptors (Lipinski definition) is 6. The molecule has 1 amide bonds. The van der Waals surface area contributed by atoms with Crippen molar-refractivity contribution in [2.24, 2.45) is 4.99 Å². The molecule has 0 N–H and O–H groups in total. The van der Waals surface area contributed by atoms with E-state index in [1.165, 1.54) is 11.8 Å². The Morgan fingerprint density at radius 1 is 1.00 bits per heavy atom. The summed E-state index contributed by atoms with van der Waals surface area (Å²) in [6.07, 6.45) is 0. The van der Waals surface area contributed by atoms with E-state index in [-0.39, 0.29) is 5.91 Å². The van der Waals surface area contributed by atoms with Crippen molar-refractivity contribution in [3.63, 3.8) is 0 Å². The van der Waals surface area contributed by atoms with Gasteiger partial charge in [0.05, 0.1) is 12.8 Å². The Labute approximate surface area is 194 Å². The molecule has 0 bridgehead atoms. The van der Waals surface area contributed by atoms with Gasteiger partial charge < -0.3 is 9.64 Å². The summed E-state index contributed by atoms with van der Waals surface area (Å²) in [7, 11) is 1.58. The lowest BCUT2D eigenvalue weighted by atomic mass is 10.3. The monoisotopic (exact) mass is 479 g/mol. The Kier molecular flexibility index (Phi) is 6.25. The SMILES string of the molecule is CCN1C(=O)/C(=C2/Sc3ccc(Cl)cc3N2CC)SC1=Nc1cc(Cl)ccc1OC. The molecule has 0 spiro atoms. The first kappa shape index (κ1) is 21.4. The number of carbonyl (C=O) groups excluding carboxylic acids is 1. The van der Waals surface area contributed by atoms with Gasteiger partial charge in [-0.05, 0) is 62.0 Å². The molecule has 30 heavy (non-hydrogen) atoms. The lowest BCUT2D eigenvalue weighted by Gasteiger charge is -2.19. The molecular formula is C21H19Cl2N3O2S2. The number of nitrogens with zero attached hydrogens (tertiary/aromatic N) is 3. The molecule has 5 nitrogen and oxygen atoms in total. The first-order valence-electron chi connectivity index (χ1n) is 9.38. The number of carbonyl (C=O) groups is 1. The second-order valence-corrected chi connectivity index (χ2v) is 9.34. The van der Waals surface area contributed by atoms with Crippen LogP contribution in [-0.4, -0.2) is 36.2 Å². The number of ether oxygens (including phenoxy) is 1. The number of amides is 1. The Hall–Kier alpha value is -1.80. The average Bonchev–Trinajstić information content (AvgIpc) is 3.24. The van der Waals surface area contributed by atoms with E-state index in [1.54, 1.807) is 42.0 Å². The van der Waals surface area contributed by atoms with E-state index in [4.69, 9.17) is 32.9 Å². The molecule has 0 atom stereocenters. The molecule has 1 saturated heterocycles. The van der Waals surface area contributed by atoms with E-state index in [0.29, 0.717) is 38.1 Å². The Bertz CT molecular complexity index is 1090. The molecule has 9 heteroatoms. The van der Waals surface area contributed by atoms with Gasteiger partial charge >= 0.3 is 0 Å². The topological polar surface area (TPSA) is 45.1 Å². The first-order valence-corrected chi connectivity index (χ1v) is 11.8. The van der Waals surface area contributed by atoms with Gasteiger partial charge in [-0.25, -0.2) is 4.99 Å². The van der Waals surface area contributed by atoms with Crippen molar-refractivity contribution in [3.8, 4) is 5.75 Å². The fourth-order valence-corrected chi connectivity index (χ4v) is 6.05. The van der Waals surface area contributed by atoms with Crippen molar-refractivity contribution < 1.29 is 9.53 Å². The van der Waals surface area contributed by atoms with Crippen LogP contribution >= 0.6 is 46.7 Å². The van der Waals surface area contributed by atoms with Crippen LogP contribution in [0.4, 0.5) is 11.4 Å². The highest BCUT2D eigenvalue weighted by Gasteiger charge is 2.39. The van der Waals surface area contributed by atoms with Gasteiger partial charge in [-0.3, -0.25) is 9.69 Å². The summed E-state index contributed by atoms with van der Waals surface area (Å²) < 4.78 is 5.41. The van der Waals surface area contributed by atoms with Gasteiger partial charge in [0.25, 0.3) is 5.91 Å². The number of fused-ring (bicyclic) bond motifs is 1. The summed E-state index contributed by atoms with van der Waals surface area (Å²) in [5, 5.41) is 2.75. The molecule has 2 aromatic rings. The number of aliphatic imine (C=N–C) groups is 1. The van der Waals surface area contributed by atoms with Crippen LogP contribution in [0.5, 0.6) is 5.75 Å². The standard InChI is InChI=1S/C21H19Cl2N3O2S2/c1-4-25-15-11-13(23)7-9-17(15)29-20(25)18-19(27)26(5-2)21(30-18)24-14-10-12(22)6-8-16(14)28-3/h6-11H,4-5H2,1-3H3/b20-18-,24-21?. The first-order chi connectivity index (χ1) is 14.5. The third-order valence-corrected chi connectivity index (χ3v) is 7.56. The maximum atomic E-state index is 13.3. The summed E-state index contributed by atoms with van der Waals surface area (Å²) in [6.45, 7) is 5.24. The van der Waals surface area contributed by atoms with Crippen LogP contribution in [0, 0.1) is 0 Å². The minimum Gasteiger partial charge on any atom is -0.494 e. The van der Waals surface area contributed by atoms with Crippen LogP contribution in [0.3, 0.4) is 0 Å². The molecule has 0 saturated carbocycles. The van der Waals surface area contributed by atoms with Crippen molar-refractivity contribution in [2.75, 3.05) is 25.1 Å². The van der Waals surface area contributed by atoms with E-state index in [0.717, 1.165) is 22.2 Å². The predicted molar refractivity (Wildman–Crippen MR) is 127 cm³/mol. The minimum absolute atomic E-state index is 0.0536.